The average molecular weight is 430 g/mol. The molecule has 0 bridgehead atoms. The van der Waals surface area contributed by atoms with Crippen molar-refractivity contribution in [3.63, 3.8) is 0 Å². The minimum absolute atomic E-state index is 0.0198. The molecule has 2 aromatic rings. The lowest BCUT2D eigenvalue weighted by molar-refractivity contribution is -0.126. The van der Waals surface area contributed by atoms with Crippen LogP contribution in [0.4, 0.5) is 17.2 Å². The fourth-order valence-electron chi connectivity index (χ4n) is 3.04. The van der Waals surface area contributed by atoms with Crippen molar-refractivity contribution >= 4 is 46.7 Å². The van der Waals surface area contributed by atoms with Gasteiger partial charge in [-0.3, -0.25) is 14.5 Å². The second kappa shape index (κ2) is 8.31. The molecule has 0 aliphatic carbocycles. The number of benzene rings is 1. The molecule has 0 fully saturated rings. The summed E-state index contributed by atoms with van der Waals surface area (Å²) in [7, 11) is 0. The summed E-state index contributed by atoms with van der Waals surface area (Å²) < 4.78 is 4.91. The fraction of sp³-hybridized carbons (Fsp3) is 0.350. The van der Waals surface area contributed by atoms with Crippen LogP contribution in [0.25, 0.3) is 0 Å². The maximum absolute atomic E-state index is 13.3. The van der Waals surface area contributed by atoms with Gasteiger partial charge in [-0.05, 0) is 39.8 Å². The smallest absolute Gasteiger partial charge is 0.343 e. The van der Waals surface area contributed by atoms with E-state index in [-0.39, 0.29) is 35.0 Å². The van der Waals surface area contributed by atoms with Gasteiger partial charge in [0.05, 0.1) is 23.2 Å². The zero-order chi connectivity index (χ0) is 22.1. The largest absolute Gasteiger partial charge is 0.462 e. The molecule has 0 saturated heterocycles. The van der Waals surface area contributed by atoms with Gasteiger partial charge in [-0.2, -0.15) is 0 Å². The number of thioether (sulfide) groups is 1. The molecule has 0 unspecified atom stereocenters. The maximum Gasteiger partial charge on any atom is 0.343 e. The number of carbonyl (C=O) groups is 3. The van der Waals surface area contributed by atoms with Crippen LogP contribution in [0.1, 0.15) is 38.1 Å². The molecule has 0 spiro atoms. The number of nitrogens with two attached hydrogens (primary N) is 1. The SMILES string of the molecule is CCOC(=O)c1cnc(S[C@@H](C)C(=O)N2c3ccccc3NC(=O)C2(C)C)nc1N. The van der Waals surface area contributed by atoms with Gasteiger partial charge in [0.1, 0.15) is 16.9 Å². The third-order valence-electron chi connectivity index (χ3n) is 4.65. The number of esters is 1. The number of rotatable bonds is 5. The number of nitrogen functional groups attached to an aromatic ring is 1. The lowest BCUT2D eigenvalue weighted by Gasteiger charge is -2.43. The number of nitrogens with one attached hydrogen (secondary N) is 1. The van der Waals surface area contributed by atoms with Gasteiger partial charge in [0.2, 0.25) is 11.8 Å². The van der Waals surface area contributed by atoms with E-state index in [9.17, 15) is 14.4 Å². The second-order valence-electron chi connectivity index (χ2n) is 7.14. The van der Waals surface area contributed by atoms with Crippen molar-refractivity contribution in [1.29, 1.82) is 0 Å². The third kappa shape index (κ3) is 3.95. The van der Waals surface area contributed by atoms with Gasteiger partial charge in [-0.25, -0.2) is 14.8 Å². The second-order valence-corrected chi connectivity index (χ2v) is 8.44. The number of carbonyl (C=O) groups excluding carboxylic acids is 3. The molecule has 1 aliphatic rings. The van der Waals surface area contributed by atoms with Gasteiger partial charge in [0, 0.05) is 6.20 Å². The van der Waals surface area contributed by atoms with E-state index in [0.717, 1.165) is 11.8 Å². The van der Waals surface area contributed by atoms with Gasteiger partial charge in [-0.15, -0.1) is 0 Å². The molecule has 1 atom stereocenters. The van der Waals surface area contributed by atoms with E-state index in [4.69, 9.17) is 10.5 Å². The lowest BCUT2D eigenvalue weighted by atomic mass is 9.96. The van der Waals surface area contributed by atoms with Gasteiger partial charge in [0.25, 0.3) is 0 Å². The van der Waals surface area contributed by atoms with E-state index >= 15 is 0 Å². The predicted octanol–water partition coefficient (Wildman–Crippen LogP) is 2.48. The van der Waals surface area contributed by atoms with Crippen LogP contribution >= 0.6 is 11.8 Å². The number of nitrogens with zero attached hydrogens (tertiary/aromatic N) is 3. The molecule has 0 saturated carbocycles. The number of hydrogen-bond acceptors (Lipinski definition) is 8. The summed E-state index contributed by atoms with van der Waals surface area (Å²) in [5, 5.41) is 2.46. The van der Waals surface area contributed by atoms with Crippen molar-refractivity contribution < 1.29 is 19.1 Å². The summed E-state index contributed by atoms with van der Waals surface area (Å²) in [6.45, 7) is 6.98. The fourth-order valence-corrected chi connectivity index (χ4v) is 3.82. The Kier molecular flexibility index (Phi) is 5.97. The minimum atomic E-state index is -1.08. The molecule has 2 amide bonds. The molecule has 9 nitrogen and oxygen atoms in total. The molecule has 3 rings (SSSR count). The summed E-state index contributed by atoms with van der Waals surface area (Å²) in [4.78, 5) is 47.5. The van der Waals surface area contributed by atoms with Crippen molar-refractivity contribution in [1.82, 2.24) is 9.97 Å². The first-order valence-corrected chi connectivity index (χ1v) is 10.3. The van der Waals surface area contributed by atoms with Gasteiger partial charge < -0.3 is 15.8 Å². The van der Waals surface area contributed by atoms with Crippen LogP contribution in [0.3, 0.4) is 0 Å². The first kappa shape index (κ1) is 21.6. The first-order valence-electron chi connectivity index (χ1n) is 9.37. The van der Waals surface area contributed by atoms with Gasteiger partial charge in [0.15, 0.2) is 5.16 Å². The standard InChI is InChI=1S/C20H23N5O4S/c1-5-29-17(27)12-10-22-19(24-15(12)21)30-11(2)16(26)25-14-9-7-6-8-13(14)23-18(28)20(25,3)4/h6-11H,5H2,1-4H3,(H,23,28)(H2,21,22,24)/t11-/m0/s1. The molecule has 1 aromatic heterocycles. The molecular formula is C20H23N5O4S. The van der Waals surface area contributed by atoms with E-state index in [1.165, 1.54) is 11.1 Å². The quantitative estimate of drug-likeness (QED) is 0.421. The monoisotopic (exact) mass is 429 g/mol. The summed E-state index contributed by atoms with van der Waals surface area (Å²) in [6, 6.07) is 7.13. The van der Waals surface area contributed by atoms with E-state index in [0.29, 0.717) is 11.4 Å². The summed E-state index contributed by atoms with van der Waals surface area (Å²) in [6.07, 6.45) is 1.29. The number of amides is 2. The summed E-state index contributed by atoms with van der Waals surface area (Å²) in [5.74, 6) is -1.17. The normalized spacial score (nSPS) is 15.7. The Bertz CT molecular complexity index is 1010. The van der Waals surface area contributed by atoms with Crippen molar-refractivity contribution in [3.05, 3.63) is 36.0 Å². The number of ether oxygens (including phenoxy) is 1. The molecular weight excluding hydrogens is 406 g/mol. The van der Waals surface area contributed by atoms with Gasteiger partial charge in [-0.1, -0.05) is 23.9 Å². The van der Waals surface area contributed by atoms with Crippen LogP contribution in [-0.4, -0.2) is 45.1 Å². The molecule has 1 aliphatic heterocycles. The van der Waals surface area contributed by atoms with Crippen molar-refractivity contribution in [2.24, 2.45) is 0 Å². The summed E-state index contributed by atoms with van der Waals surface area (Å²) in [5.41, 5.74) is 6.05. The topological polar surface area (TPSA) is 128 Å². The number of fused-ring (bicyclic) bond motifs is 1. The molecule has 10 heteroatoms. The van der Waals surface area contributed by atoms with Crippen LogP contribution in [0.15, 0.2) is 35.6 Å². The predicted molar refractivity (Wildman–Crippen MR) is 114 cm³/mol. The minimum Gasteiger partial charge on any atom is -0.462 e. The van der Waals surface area contributed by atoms with Crippen LogP contribution in [-0.2, 0) is 14.3 Å². The Morgan fingerprint density at radius 2 is 2.03 bits per heavy atom. The molecule has 158 valence electrons. The third-order valence-corrected chi connectivity index (χ3v) is 5.61. The van der Waals surface area contributed by atoms with Crippen LogP contribution in [0.5, 0.6) is 0 Å². The zero-order valence-corrected chi connectivity index (χ0v) is 17.9. The maximum atomic E-state index is 13.3. The highest BCUT2D eigenvalue weighted by Gasteiger charge is 2.44. The van der Waals surface area contributed by atoms with Crippen LogP contribution in [0.2, 0.25) is 0 Å². The lowest BCUT2D eigenvalue weighted by Crippen LogP contribution is -2.60. The van der Waals surface area contributed by atoms with Crippen LogP contribution in [0, 0.1) is 0 Å². The average Bonchev–Trinajstić information content (AvgIpc) is 2.68. The number of anilines is 3. The zero-order valence-electron chi connectivity index (χ0n) is 17.1. The highest BCUT2D eigenvalue weighted by atomic mass is 32.2. The Balaban J connectivity index is 1.84. The highest BCUT2D eigenvalue weighted by molar-refractivity contribution is 8.00. The molecule has 3 N–H and O–H groups in total. The molecule has 0 radical (unpaired) electrons. The Labute approximate surface area is 178 Å². The highest BCUT2D eigenvalue weighted by Crippen LogP contribution is 2.38. The molecule has 30 heavy (non-hydrogen) atoms. The Morgan fingerprint density at radius 3 is 2.70 bits per heavy atom. The molecule has 1 aromatic carbocycles. The van der Waals surface area contributed by atoms with Crippen molar-refractivity contribution in [3.8, 4) is 0 Å². The van der Waals surface area contributed by atoms with E-state index in [2.05, 4.69) is 15.3 Å². The van der Waals surface area contributed by atoms with Gasteiger partial charge >= 0.3 is 5.97 Å². The van der Waals surface area contributed by atoms with E-state index in [1.54, 1.807) is 45.9 Å². The number of para-hydroxylation sites is 2. The van der Waals surface area contributed by atoms with Crippen LogP contribution < -0.4 is 16.0 Å². The van der Waals surface area contributed by atoms with E-state index < -0.39 is 16.8 Å². The van der Waals surface area contributed by atoms with E-state index in [1.807, 2.05) is 6.07 Å². The number of aromatic nitrogens is 2. The number of hydrogen-bond donors (Lipinski definition) is 2. The Morgan fingerprint density at radius 1 is 1.33 bits per heavy atom. The molecule has 2 heterocycles. The Hall–Kier alpha value is -3.14. The first-order chi connectivity index (χ1) is 14.2. The van der Waals surface area contributed by atoms with Crippen molar-refractivity contribution in [2.45, 2.75) is 43.6 Å². The summed E-state index contributed by atoms with van der Waals surface area (Å²) >= 11 is 1.09. The van der Waals surface area contributed by atoms with Crippen molar-refractivity contribution in [2.75, 3.05) is 22.6 Å².